The van der Waals surface area contributed by atoms with Crippen molar-refractivity contribution in [2.45, 2.75) is 32.2 Å². The molecule has 0 fully saturated rings. The van der Waals surface area contributed by atoms with Crippen LogP contribution in [0.3, 0.4) is 0 Å². The van der Waals surface area contributed by atoms with Gasteiger partial charge in [0.25, 0.3) is 5.56 Å². The molecule has 9 heteroatoms. The van der Waals surface area contributed by atoms with E-state index in [4.69, 9.17) is 28.3 Å². The van der Waals surface area contributed by atoms with Gasteiger partial charge in [-0.1, -0.05) is 43.1 Å². The number of rotatable bonds is 4. The predicted octanol–water partition coefficient (Wildman–Crippen LogP) is 3.92. The van der Waals surface area contributed by atoms with E-state index in [9.17, 15) is 13.2 Å². The highest BCUT2D eigenvalue weighted by atomic mass is 35.5. The average Bonchev–Trinajstić information content (AvgIpc) is 2.85. The predicted molar refractivity (Wildman–Crippen MR) is 109 cm³/mol. The number of halogens is 2. The van der Waals surface area contributed by atoms with Crippen LogP contribution in [0.4, 0.5) is 0 Å². The van der Waals surface area contributed by atoms with Crippen molar-refractivity contribution in [1.29, 1.82) is 0 Å². The van der Waals surface area contributed by atoms with Crippen LogP contribution in [-0.4, -0.2) is 18.2 Å². The number of aromatic amines is 1. The molecule has 0 amide bonds. The van der Waals surface area contributed by atoms with Crippen LogP contribution < -0.4 is 10.7 Å². The van der Waals surface area contributed by atoms with E-state index in [0.29, 0.717) is 39.6 Å². The van der Waals surface area contributed by atoms with Crippen LogP contribution in [0, 0.1) is 12.8 Å². The largest absolute Gasteiger partial charge is 0.284 e. The van der Waals surface area contributed by atoms with Crippen molar-refractivity contribution in [2.75, 3.05) is 0 Å². The monoisotopic (exact) mass is 427 g/mol. The van der Waals surface area contributed by atoms with Crippen LogP contribution in [0.25, 0.3) is 22.0 Å². The highest BCUT2D eigenvalue weighted by molar-refractivity contribution is 7.89. The Morgan fingerprint density at radius 3 is 2.44 bits per heavy atom. The highest BCUT2D eigenvalue weighted by Gasteiger charge is 2.22. The third kappa shape index (κ3) is 3.65. The molecular formula is C18H19Cl2N3O3S. The van der Waals surface area contributed by atoms with Gasteiger partial charge < -0.3 is 0 Å². The lowest BCUT2D eigenvalue weighted by Crippen LogP contribution is -2.13. The van der Waals surface area contributed by atoms with Gasteiger partial charge in [-0.2, -0.15) is 0 Å². The lowest BCUT2D eigenvalue weighted by atomic mass is 10.0. The van der Waals surface area contributed by atoms with Gasteiger partial charge in [0.1, 0.15) is 4.90 Å². The fraction of sp³-hybridized carbons (Fsp3) is 0.278. The van der Waals surface area contributed by atoms with Gasteiger partial charge in [0.05, 0.1) is 20.9 Å². The van der Waals surface area contributed by atoms with Gasteiger partial charge in [0, 0.05) is 12.1 Å². The van der Waals surface area contributed by atoms with Crippen molar-refractivity contribution < 1.29 is 8.42 Å². The Hall–Kier alpha value is -1.80. The normalized spacial score (nSPS) is 12.3. The number of nitrogens with two attached hydrogens (primary N) is 1. The Kier molecular flexibility index (Phi) is 5.16. The fourth-order valence-electron chi connectivity index (χ4n) is 3.06. The van der Waals surface area contributed by atoms with Gasteiger partial charge in [-0.25, -0.2) is 13.6 Å². The van der Waals surface area contributed by atoms with Gasteiger partial charge >= 0.3 is 0 Å². The quantitative estimate of drug-likeness (QED) is 0.659. The third-order valence-electron chi connectivity index (χ3n) is 4.26. The Morgan fingerprint density at radius 2 is 1.85 bits per heavy atom. The van der Waals surface area contributed by atoms with Crippen LogP contribution in [0.2, 0.25) is 10.0 Å². The van der Waals surface area contributed by atoms with Crippen LogP contribution in [0.5, 0.6) is 0 Å². The molecule has 0 aliphatic carbocycles. The topological polar surface area (TPSA) is 98.0 Å². The van der Waals surface area contributed by atoms with E-state index in [1.54, 1.807) is 29.8 Å². The molecule has 3 N–H and O–H groups in total. The number of hydrogen-bond acceptors (Lipinski definition) is 3. The minimum Gasteiger partial charge on any atom is -0.284 e. The van der Waals surface area contributed by atoms with E-state index < -0.39 is 10.0 Å². The molecule has 0 atom stereocenters. The van der Waals surface area contributed by atoms with Crippen molar-refractivity contribution in [3.05, 3.63) is 50.2 Å². The number of nitrogens with one attached hydrogen (secondary N) is 1. The summed E-state index contributed by atoms with van der Waals surface area (Å²) in [4.78, 5) is 12.2. The number of primary sulfonamides is 1. The third-order valence-corrected chi connectivity index (χ3v) is 6.19. The molecule has 0 saturated carbocycles. The lowest BCUT2D eigenvalue weighted by Gasteiger charge is -2.14. The van der Waals surface area contributed by atoms with Crippen molar-refractivity contribution in [3.8, 4) is 11.1 Å². The zero-order chi connectivity index (χ0) is 20.1. The second-order valence-electron chi connectivity index (χ2n) is 6.92. The minimum atomic E-state index is -4.03. The summed E-state index contributed by atoms with van der Waals surface area (Å²) >= 11 is 12.7. The average molecular weight is 428 g/mol. The molecular weight excluding hydrogens is 409 g/mol. The Balaban J connectivity index is 2.29. The fourth-order valence-corrected chi connectivity index (χ4v) is 4.64. The maximum Gasteiger partial charge on any atom is 0.271 e. The van der Waals surface area contributed by atoms with Gasteiger partial charge in [-0.15, -0.1) is 0 Å². The lowest BCUT2D eigenvalue weighted by molar-refractivity contribution is 0.492. The first-order valence-corrected chi connectivity index (χ1v) is 10.5. The van der Waals surface area contributed by atoms with Crippen molar-refractivity contribution in [2.24, 2.45) is 11.1 Å². The molecule has 2 aromatic carbocycles. The maximum atomic E-state index is 12.4. The summed E-state index contributed by atoms with van der Waals surface area (Å²) in [6, 6.07) is 6.54. The van der Waals surface area contributed by atoms with E-state index in [0.717, 1.165) is 5.52 Å². The van der Waals surface area contributed by atoms with Crippen LogP contribution in [0.1, 0.15) is 19.4 Å². The number of hydrogen-bond donors (Lipinski definition) is 2. The molecule has 3 rings (SSSR count). The smallest absolute Gasteiger partial charge is 0.271 e. The van der Waals surface area contributed by atoms with E-state index in [-0.39, 0.29) is 15.5 Å². The molecule has 0 unspecified atom stereocenters. The summed E-state index contributed by atoms with van der Waals surface area (Å²) in [7, 11) is -4.03. The number of fused-ring (bicyclic) bond motifs is 1. The van der Waals surface area contributed by atoms with Crippen LogP contribution in [0.15, 0.2) is 34.0 Å². The molecule has 144 valence electrons. The SMILES string of the molecule is Cc1cc(S(N)(=O)=O)c(Cl)c(-c2ccc3c(c2)c(=O)[nH]n3CC(C)C)c1Cl. The molecule has 0 saturated heterocycles. The second-order valence-corrected chi connectivity index (χ2v) is 9.20. The van der Waals surface area contributed by atoms with E-state index >= 15 is 0 Å². The summed E-state index contributed by atoms with van der Waals surface area (Å²) in [5.41, 5.74) is 1.91. The number of aryl methyl sites for hydroxylation is 1. The maximum absolute atomic E-state index is 12.4. The zero-order valence-corrected chi connectivity index (χ0v) is 17.3. The van der Waals surface area contributed by atoms with Gasteiger partial charge in [0.2, 0.25) is 10.0 Å². The summed E-state index contributed by atoms with van der Waals surface area (Å²) < 4.78 is 25.5. The Bertz CT molecular complexity index is 1210. The van der Waals surface area contributed by atoms with E-state index in [1.165, 1.54) is 6.07 Å². The molecule has 1 heterocycles. The standard InChI is InChI=1S/C18H19Cl2N3O3S/c1-9(2)8-23-13-5-4-11(7-12(13)18(24)22-23)15-16(19)10(3)6-14(17(15)20)27(21,25)26/h4-7,9H,8H2,1-3H3,(H,22,24)(H2,21,25,26). The second kappa shape index (κ2) is 6.98. The number of aromatic nitrogens is 2. The first kappa shape index (κ1) is 19.9. The molecule has 0 aliphatic rings. The molecule has 0 bridgehead atoms. The van der Waals surface area contributed by atoms with Crippen molar-refractivity contribution >= 4 is 44.1 Å². The molecule has 0 radical (unpaired) electrons. The Labute approximate surface area is 166 Å². The number of benzene rings is 2. The minimum absolute atomic E-state index is 0.0644. The van der Waals surface area contributed by atoms with Crippen molar-refractivity contribution in [3.63, 3.8) is 0 Å². The first-order chi connectivity index (χ1) is 12.5. The highest BCUT2D eigenvalue weighted by Crippen LogP contribution is 2.41. The van der Waals surface area contributed by atoms with E-state index in [1.807, 2.05) is 0 Å². The van der Waals surface area contributed by atoms with E-state index in [2.05, 4.69) is 18.9 Å². The molecule has 6 nitrogen and oxygen atoms in total. The molecule has 0 aliphatic heterocycles. The summed E-state index contributed by atoms with van der Waals surface area (Å²) in [6.07, 6.45) is 0. The van der Waals surface area contributed by atoms with Crippen molar-refractivity contribution in [1.82, 2.24) is 9.78 Å². The summed E-state index contributed by atoms with van der Waals surface area (Å²) in [5, 5.41) is 8.81. The number of nitrogens with zero attached hydrogens (tertiary/aromatic N) is 1. The molecule has 3 aromatic rings. The zero-order valence-electron chi connectivity index (χ0n) is 15.0. The van der Waals surface area contributed by atoms with Gasteiger partial charge in [-0.05, 0) is 42.2 Å². The van der Waals surface area contributed by atoms with Crippen LogP contribution in [-0.2, 0) is 16.6 Å². The summed E-state index contributed by atoms with van der Waals surface area (Å²) in [5.74, 6) is 0.355. The number of H-pyrrole nitrogens is 1. The van der Waals surface area contributed by atoms with Gasteiger partial charge in [0.15, 0.2) is 0 Å². The van der Waals surface area contributed by atoms with Gasteiger partial charge in [-0.3, -0.25) is 14.6 Å². The molecule has 27 heavy (non-hydrogen) atoms. The Morgan fingerprint density at radius 1 is 1.19 bits per heavy atom. The summed E-state index contributed by atoms with van der Waals surface area (Å²) in [6.45, 7) is 6.44. The first-order valence-electron chi connectivity index (χ1n) is 8.25. The number of sulfonamides is 1. The molecule has 1 aromatic heterocycles. The van der Waals surface area contributed by atoms with Crippen LogP contribution >= 0.6 is 23.2 Å². The molecule has 0 spiro atoms.